The first-order valence-corrected chi connectivity index (χ1v) is 7.47. The van der Waals surface area contributed by atoms with Crippen LogP contribution in [0.15, 0.2) is 48.5 Å². The third kappa shape index (κ3) is 5.51. The molecule has 0 aliphatic rings. The van der Waals surface area contributed by atoms with E-state index in [1.165, 1.54) is 6.07 Å². The molecular weight excluding hydrogens is 303 g/mol. The van der Waals surface area contributed by atoms with Crippen molar-refractivity contribution < 1.29 is 17.9 Å². The van der Waals surface area contributed by atoms with E-state index in [0.29, 0.717) is 24.8 Å². The van der Waals surface area contributed by atoms with E-state index in [9.17, 15) is 13.2 Å². The van der Waals surface area contributed by atoms with Crippen LogP contribution in [0.4, 0.5) is 18.9 Å². The van der Waals surface area contributed by atoms with Gasteiger partial charge in [-0.25, -0.2) is 0 Å². The second-order valence-electron chi connectivity index (χ2n) is 5.78. The maximum absolute atomic E-state index is 12.7. The normalized spacial score (nSPS) is 11.6. The largest absolute Gasteiger partial charge is 0.493 e. The smallest absolute Gasteiger partial charge is 0.416 e. The van der Waals surface area contributed by atoms with Crippen LogP contribution in [0.1, 0.15) is 25.0 Å². The van der Waals surface area contributed by atoms with Crippen LogP contribution in [0.2, 0.25) is 0 Å². The van der Waals surface area contributed by atoms with Crippen LogP contribution >= 0.6 is 0 Å². The van der Waals surface area contributed by atoms with Crippen LogP contribution in [-0.2, 0) is 12.7 Å². The Kier molecular flexibility index (Phi) is 5.53. The number of ether oxygens (including phenoxy) is 1. The lowest BCUT2D eigenvalue weighted by Crippen LogP contribution is -2.06. The summed E-state index contributed by atoms with van der Waals surface area (Å²) in [6.07, 6.45) is -4.33. The van der Waals surface area contributed by atoms with Crippen molar-refractivity contribution in [2.45, 2.75) is 26.6 Å². The molecule has 0 spiro atoms. The summed E-state index contributed by atoms with van der Waals surface area (Å²) in [6, 6.07) is 12.7. The number of hydrogen-bond acceptors (Lipinski definition) is 2. The fourth-order valence-corrected chi connectivity index (χ4v) is 1.98. The zero-order valence-corrected chi connectivity index (χ0v) is 13.2. The molecule has 0 aromatic heterocycles. The minimum atomic E-state index is -4.33. The topological polar surface area (TPSA) is 21.3 Å². The Labute approximate surface area is 134 Å². The second-order valence-corrected chi connectivity index (χ2v) is 5.78. The Bertz CT molecular complexity index is 621. The van der Waals surface area contributed by atoms with Crippen LogP contribution in [0.25, 0.3) is 0 Å². The Morgan fingerprint density at radius 1 is 1.04 bits per heavy atom. The van der Waals surface area contributed by atoms with E-state index in [2.05, 4.69) is 19.2 Å². The van der Waals surface area contributed by atoms with Gasteiger partial charge in [0.2, 0.25) is 0 Å². The van der Waals surface area contributed by atoms with E-state index >= 15 is 0 Å². The van der Waals surface area contributed by atoms with E-state index in [4.69, 9.17) is 4.74 Å². The number of rotatable bonds is 6. The standard InChI is InChI=1S/C18H20F3NO/c1-13(2)12-23-17-8-6-14(7-9-17)11-22-16-5-3-4-15(10-16)18(19,20)21/h3-10,13,22H,11-12H2,1-2H3. The molecule has 0 amide bonds. The van der Waals surface area contributed by atoms with Crippen molar-refractivity contribution in [3.05, 3.63) is 59.7 Å². The van der Waals surface area contributed by atoms with E-state index in [-0.39, 0.29) is 0 Å². The lowest BCUT2D eigenvalue weighted by atomic mass is 10.1. The summed E-state index contributed by atoms with van der Waals surface area (Å²) in [5, 5.41) is 3.00. The number of benzene rings is 2. The molecule has 0 saturated heterocycles. The molecule has 124 valence electrons. The van der Waals surface area contributed by atoms with Crippen molar-refractivity contribution in [3.8, 4) is 5.75 Å². The molecule has 1 N–H and O–H groups in total. The van der Waals surface area contributed by atoms with E-state index in [0.717, 1.165) is 23.4 Å². The SMILES string of the molecule is CC(C)COc1ccc(CNc2cccc(C(F)(F)F)c2)cc1. The number of halogens is 3. The highest BCUT2D eigenvalue weighted by atomic mass is 19.4. The third-order valence-corrected chi connectivity index (χ3v) is 3.19. The molecule has 0 aliphatic heterocycles. The second kappa shape index (κ2) is 7.40. The molecule has 2 aromatic rings. The van der Waals surface area contributed by atoms with Crippen molar-refractivity contribution >= 4 is 5.69 Å². The third-order valence-electron chi connectivity index (χ3n) is 3.19. The maximum atomic E-state index is 12.7. The zero-order chi connectivity index (χ0) is 16.9. The van der Waals surface area contributed by atoms with Gasteiger partial charge in [-0.15, -0.1) is 0 Å². The van der Waals surface area contributed by atoms with Crippen LogP contribution in [0.3, 0.4) is 0 Å². The molecule has 0 atom stereocenters. The van der Waals surface area contributed by atoms with Gasteiger partial charge < -0.3 is 10.1 Å². The van der Waals surface area contributed by atoms with Crippen LogP contribution in [0, 0.1) is 5.92 Å². The van der Waals surface area contributed by atoms with Gasteiger partial charge in [-0.05, 0) is 41.8 Å². The first-order chi connectivity index (χ1) is 10.8. The van der Waals surface area contributed by atoms with Crippen molar-refractivity contribution in [3.63, 3.8) is 0 Å². The predicted molar refractivity (Wildman–Crippen MR) is 85.5 cm³/mol. The molecule has 0 heterocycles. The van der Waals surface area contributed by atoms with Gasteiger partial charge in [-0.3, -0.25) is 0 Å². The lowest BCUT2D eigenvalue weighted by Gasteiger charge is -2.12. The Morgan fingerprint density at radius 2 is 1.74 bits per heavy atom. The molecule has 5 heteroatoms. The van der Waals surface area contributed by atoms with Gasteiger partial charge in [0.15, 0.2) is 0 Å². The highest BCUT2D eigenvalue weighted by Gasteiger charge is 2.30. The molecule has 23 heavy (non-hydrogen) atoms. The number of alkyl halides is 3. The van der Waals surface area contributed by atoms with E-state index < -0.39 is 11.7 Å². The highest BCUT2D eigenvalue weighted by molar-refractivity contribution is 5.47. The summed E-state index contributed by atoms with van der Waals surface area (Å²) in [4.78, 5) is 0. The first kappa shape index (κ1) is 17.2. The molecule has 0 fully saturated rings. The Balaban J connectivity index is 1.93. The Morgan fingerprint density at radius 3 is 2.35 bits per heavy atom. The van der Waals surface area contributed by atoms with Crippen molar-refractivity contribution in [2.24, 2.45) is 5.92 Å². The van der Waals surface area contributed by atoms with Crippen molar-refractivity contribution in [1.29, 1.82) is 0 Å². The quantitative estimate of drug-likeness (QED) is 0.773. The molecule has 2 aromatic carbocycles. The van der Waals surface area contributed by atoms with Crippen molar-refractivity contribution in [1.82, 2.24) is 0 Å². The molecule has 0 radical (unpaired) electrons. The van der Waals surface area contributed by atoms with Gasteiger partial charge in [0.25, 0.3) is 0 Å². The van der Waals surface area contributed by atoms with E-state index in [1.807, 2.05) is 24.3 Å². The minimum absolute atomic E-state index is 0.444. The molecule has 0 unspecified atom stereocenters. The average molecular weight is 323 g/mol. The van der Waals surface area contributed by atoms with Gasteiger partial charge in [0.05, 0.1) is 12.2 Å². The minimum Gasteiger partial charge on any atom is -0.493 e. The first-order valence-electron chi connectivity index (χ1n) is 7.47. The Hall–Kier alpha value is -2.17. The van der Waals surface area contributed by atoms with Gasteiger partial charge in [0.1, 0.15) is 5.75 Å². The van der Waals surface area contributed by atoms with Crippen molar-refractivity contribution in [2.75, 3.05) is 11.9 Å². The number of nitrogens with one attached hydrogen (secondary N) is 1. The fraction of sp³-hybridized carbons (Fsp3) is 0.333. The molecule has 2 nitrogen and oxygen atoms in total. The predicted octanol–water partition coefficient (Wildman–Crippen LogP) is 5.35. The zero-order valence-electron chi connectivity index (χ0n) is 13.2. The summed E-state index contributed by atoms with van der Waals surface area (Å²) in [6.45, 7) is 5.26. The molecule has 2 rings (SSSR count). The molecule has 0 aliphatic carbocycles. The van der Waals surface area contributed by atoms with Gasteiger partial charge in [-0.1, -0.05) is 32.0 Å². The fourth-order valence-electron chi connectivity index (χ4n) is 1.98. The summed E-state index contributed by atoms with van der Waals surface area (Å²) in [7, 11) is 0. The van der Waals surface area contributed by atoms with Gasteiger partial charge >= 0.3 is 6.18 Å². The van der Waals surface area contributed by atoms with E-state index in [1.54, 1.807) is 6.07 Å². The summed E-state index contributed by atoms with van der Waals surface area (Å²) in [5.41, 5.74) is 0.763. The van der Waals surface area contributed by atoms with Gasteiger partial charge in [0, 0.05) is 12.2 Å². The number of hydrogen-bond donors (Lipinski definition) is 1. The average Bonchev–Trinajstić information content (AvgIpc) is 2.51. The van der Waals surface area contributed by atoms with Crippen LogP contribution < -0.4 is 10.1 Å². The lowest BCUT2D eigenvalue weighted by molar-refractivity contribution is -0.137. The summed E-state index contributed by atoms with van der Waals surface area (Å²) >= 11 is 0. The number of anilines is 1. The molecular formula is C18H20F3NO. The summed E-state index contributed by atoms with van der Waals surface area (Å²) in [5.74, 6) is 1.25. The highest BCUT2D eigenvalue weighted by Crippen LogP contribution is 2.30. The van der Waals surface area contributed by atoms with Crippen LogP contribution in [0.5, 0.6) is 5.75 Å². The molecule has 0 saturated carbocycles. The monoisotopic (exact) mass is 323 g/mol. The maximum Gasteiger partial charge on any atom is 0.416 e. The molecule has 0 bridgehead atoms. The van der Waals surface area contributed by atoms with Crippen LogP contribution in [-0.4, -0.2) is 6.61 Å². The summed E-state index contributed by atoms with van der Waals surface area (Å²) < 4.78 is 43.6. The van der Waals surface area contributed by atoms with Gasteiger partial charge in [-0.2, -0.15) is 13.2 Å².